The van der Waals surface area contributed by atoms with Gasteiger partial charge >= 0.3 is 0 Å². The van der Waals surface area contributed by atoms with Gasteiger partial charge in [0.05, 0.1) is 17.4 Å². The molecule has 0 unspecified atom stereocenters. The van der Waals surface area contributed by atoms with Crippen molar-refractivity contribution < 1.29 is 19.9 Å². The molecule has 0 saturated heterocycles. The zero-order valence-electron chi connectivity index (χ0n) is 15.0. The number of hydrogen-bond acceptors (Lipinski definition) is 4. The Hall–Kier alpha value is -2.18. The predicted molar refractivity (Wildman–Crippen MR) is 97.0 cm³/mol. The van der Waals surface area contributed by atoms with Crippen LogP contribution < -0.4 is 5.48 Å². The maximum atomic E-state index is 13.0. The van der Waals surface area contributed by atoms with Gasteiger partial charge in [0.25, 0.3) is 0 Å². The Balaban J connectivity index is 1.71. The number of hydroxylamine groups is 1. The highest BCUT2D eigenvalue weighted by Gasteiger charge is 2.44. The highest BCUT2D eigenvalue weighted by molar-refractivity contribution is 5.88. The van der Waals surface area contributed by atoms with Crippen LogP contribution in [0, 0.1) is 11.8 Å². The molecule has 6 nitrogen and oxygen atoms in total. The van der Waals surface area contributed by atoms with Gasteiger partial charge in [-0.2, -0.15) is 0 Å². The van der Waals surface area contributed by atoms with E-state index in [1.807, 2.05) is 18.2 Å². The zero-order valence-corrected chi connectivity index (χ0v) is 15.0. The molecule has 0 spiro atoms. The standard InChI is InChI=1S/C20H26N2O4/c1-20(25)10-7-16(17(13-20)18(23)21-26)19(24)22-11-8-15(9-12-22)14-5-3-2-4-6-14/h2-6,8,16-17,25-26H,7,9-13H2,1H3,(H,21,23)/t16-,17-,20-/m0/s1. The van der Waals surface area contributed by atoms with Crippen molar-refractivity contribution in [1.29, 1.82) is 0 Å². The van der Waals surface area contributed by atoms with Crippen LogP contribution in [0.25, 0.3) is 5.57 Å². The van der Waals surface area contributed by atoms with E-state index in [4.69, 9.17) is 5.21 Å². The number of nitrogens with zero attached hydrogens (tertiary/aromatic N) is 1. The number of nitrogens with one attached hydrogen (secondary N) is 1. The number of benzene rings is 1. The molecule has 140 valence electrons. The molecule has 0 bridgehead atoms. The van der Waals surface area contributed by atoms with Crippen molar-refractivity contribution in [2.45, 2.75) is 38.2 Å². The lowest BCUT2D eigenvalue weighted by molar-refractivity contribution is -0.151. The van der Waals surface area contributed by atoms with Gasteiger partial charge in [-0.3, -0.25) is 14.8 Å². The fourth-order valence-corrected chi connectivity index (χ4v) is 4.06. The quantitative estimate of drug-likeness (QED) is 0.569. The van der Waals surface area contributed by atoms with Gasteiger partial charge in [0.1, 0.15) is 0 Å². The molecule has 1 aliphatic heterocycles. The average molecular weight is 358 g/mol. The van der Waals surface area contributed by atoms with Crippen LogP contribution in [-0.4, -0.2) is 45.7 Å². The maximum absolute atomic E-state index is 13.0. The molecule has 1 saturated carbocycles. The van der Waals surface area contributed by atoms with Crippen molar-refractivity contribution in [3.05, 3.63) is 42.0 Å². The second-order valence-corrected chi connectivity index (χ2v) is 7.56. The molecule has 3 rings (SSSR count). The molecule has 1 heterocycles. The zero-order chi connectivity index (χ0) is 18.7. The van der Waals surface area contributed by atoms with Crippen molar-refractivity contribution in [3.63, 3.8) is 0 Å². The van der Waals surface area contributed by atoms with Gasteiger partial charge in [0.2, 0.25) is 11.8 Å². The smallest absolute Gasteiger partial charge is 0.247 e. The highest BCUT2D eigenvalue weighted by Crippen LogP contribution is 2.38. The van der Waals surface area contributed by atoms with E-state index in [1.165, 1.54) is 11.1 Å². The largest absolute Gasteiger partial charge is 0.390 e. The summed E-state index contributed by atoms with van der Waals surface area (Å²) in [6, 6.07) is 10.1. The van der Waals surface area contributed by atoms with E-state index < -0.39 is 23.3 Å². The number of rotatable bonds is 3. The van der Waals surface area contributed by atoms with E-state index in [9.17, 15) is 14.7 Å². The Morgan fingerprint density at radius 1 is 1.23 bits per heavy atom. The molecule has 3 N–H and O–H groups in total. The SMILES string of the molecule is C[C@]1(O)CC[C@H](C(=O)N2CC=C(c3ccccc3)CC2)[C@@H](C(=O)NO)C1. The molecular formula is C20H26N2O4. The second-order valence-electron chi connectivity index (χ2n) is 7.56. The second kappa shape index (κ2) is 7.60. The molecule has 0 aromatic heterocycles. The van der Waals surface area contributed by atoms with E-state index in [-0.39, 0.29) is 12.3 Å². The van der Waals surface area contributed by atoms with Crippen LogP contribution in [0.2, 0.25) is 0 Å². The molecule has 3 atom stereocenters. The van der Waals surface area contributed by atoms with Gasteiger partial charge in [0.15, 0.2) is 0 Å². The average Bonchev–Trinajstić information content (AvgIpc) is 2.67. The molecule has 1 aromatic rings. The number of aliphatic hydroxyl groups is 1. The maximum Gasteiger partial charge on any atom is 0.247 e. The minimum Gasteiger partial charge on any atom is -0.390 e. The fraction of sp³-hybridized carbons (Fsp3) is 0.500. The summed E-state index contributed by atoms with van der Waals surface area (Å²) < 4.78 is 0. The Bertz CT molecular complexity index is 699. The summed E-state index contributed by atoms with van der Waals surface area (Å²) >= 11 is 0. The van der Waals surface area contributed by atoms with E-state index in [2.05, 4.69) is 18.2 Å². The molecule has 6 heteroatoms. The molecule has 0 radical (unpaired) electrons. The van der Waals surface area contributed by atoms with Crippen molar-refractivity contribution in [2.75, 3.05) is 13.1 Å². The van der Waals surface area contributed by atoms with Gasteiger partial charge in [0, 0.05) is 13.1 Å². The van der Waals surface area contributed by atoms with E-state index in [0.29, 0.717) is 25.9 Å². The van der Waals surface area contributed by atoms with Crippen LogP contribution >= 0.6 is 0 Å². The van der Waals surface area contributed by atoms with Gasteiger partial charge in [-0.25, -0.2) is 5.48 Å². The minimum absolute atomic E-state index is 0.0718. The molecule has 1 aliphatic carbocycles. The Kier molecular flexibility index (Phi) is 5.44. The summed E-state index contributed by atoms with van der Waals surface area (Å²) in [6.07, 6.45) is 3.93. The molecule has 1 aromatic carbocycles. The molecule has 1 fully saturated rings. The topological polar surface area (TPSA) is 89.9 Å². The number of carbonyl (C=O) groups is 2. The normalized spacial score (nSPS) is 29.0. The third kappa shape index (κ3) is 3.97. The molecule has 26 heavy (non-hydrogen) atoms. The van der Waals surface area contributed by atoms with E-state index >= 15 is 0 Å². The molecular weight excluding hydrogens is 332 g/mol. The molecule has 2 amide bonds. The van der Waals surface area contributed by atoms with Crippen molar-refractivity contribution in [1.82, 2.24) is 10.4 Å². The summed E-state index contributed by atoms with van der Waals surface area (Å²) in [6.45, 7) is 2.80. The van der Waals surface area contributed by atoms with Crippen LogP contribution in [0.4, 0.5) is 0 Å². The highest BCUT2D eigenvalue weighted by atomic mass is 16.5. The fourth-order valence-electron chi connectivity index (χ4n) is 4.06. The lowest BCUT2D eigenvalue weighted by Gasteiger charge is -2.40. The molecule has 2 aliphatic rings. The summed E-state index contributed by atoms with van der Waals surface area (Å²) in [4.78, 5) is 26.8. The summed E-state index contributed by atoms with van der Waals surface area (Å²) in [5, 5.41) is 19.3. The van der Waals surface area contributed by atoms with Gasteiger partial charge in [-0.05, 0) is 43.7 Å². The van der Waals surface area contributed by atoms with E-state index in [0.717, 1.165) is 6.42 Å². The lowest BCUT2D eigenvalue weighted by atomic mass is 9.71. The first-order valence-corrected chi connectivity index (χ1v) is 9.11. The summed E-state index contributed by atoms with van der Waals surface area (Å²) in [7, 11) is 0. The van der Waals surface area contributed by atoms with Gasteiger partial charge in [-0.1, -0.05) is 36.4 Å². The van der Waals surface area contributed by atoms with E-state index in [1.54, 1.807) is 17.3 Å². The first-order chi connectivity index (χ1) is 12.4. The first-order valence-electron chi connectivity index (χ1n) is 9.11. The van der Waals surface area contributed by atoms with Crippen LogP contribution in [-0.2, 0) is 9.59 Å². The summed E-state index contributed by atoms with van der Waals surface area (Å²) in [5.41, 5.74) is 3.07. The monoisotopic (exact) mass is 358 g/mol. The van der Waals surface area contributed by atoms with Crippen LogP contribution in [0.3, 0.4) is 0 Å². The minimum atomic E-state index is -0.990. The van der Waals surface area contributed by atoms with Crippen LogP contribution in [0.5, 0.6) is 0 Å². The number of carbonyl (C=O) groups excluding carboxylic acids is 2. The third-order valence-corrected chi connectivity index (χ3v) is 5.57. The van der Waals surface area contributed by atoms with Gasteiger partial charge in [-0.15, -0.1) is 0 Å². The first kappa shape index (κ1) is 18.6. The van der Waals surface area contributed by atoms with Crippen molar-refractivity contribution in [3.8, 4) is 0 Å². The summed E-state index contributed by atoms with van der Waals surface area (Å²) in [5.74, 6) is -1.89. The number of amides is 2. The Morgan fingerprint density at radius 3 is 2.58 bits per heavy atom. The predicted octanol–water partition coefficient (Wildman–Crippen LogP) is 1.97. The third-order valence-electron chi connectivity index (χ3n) is 5.57. The Labute approximate surface area is 153 Å². The Morgan fingerprint density at radius 2 is 1.96 bits per heavy atom. The van der Waals surface area contributed by atoms with Crippen molar-refractivity contribution >= 4 is 17.4 Å². The van der Waals surface area contributed by atoms with Crippen LogP contribution in [0.1, 0.15) is 38.2 Å². The van der Waals surface area contributed by atoms with Crippen LogP contribution in [0.15, 0.2) is 36.4 Å². The van der Waals surface area contributed by atoms with Gasteiger partial charge < -0.3 is 10.0 Å². The number of hydrogen-bond donors (Lipinski definition) is 3. The lowest BCUT2D eigenvalue weighted by Crippen LogP contribution is -2.50. The van der Waals surface area contributed by atoms with Crippen molar-refractivity contribution in [2.24, 2.45) is 11.8 Å².